The zero-order valence-electron chi connectivity index (χ0n) is 10.7. The van der Waals surface area contributed by atoms with Gasteiger partial charge in [-0.3, -0.25) is 4.68 Å². The maximum Gasteiger partial charge on any atom is 0.208 e. The second-order valence-corrected chi connectivity index (χ2v) is 5.95. The minimum Gasteiger partial charge on any atom is -0.311 e. The molecule has 0 aromatic carbocycles. The first-order chi connectivity index (χ1) is 7.81. The van der Waals surface area contributed by atoms with Crippen LogP contribution in [0.15, 0.2) is 0 Å². The molecule has 1 heterocycles. The van der Waals surface area contributed by atoms with Gasteiger partial charge in [-0.2, -0.15) is 5.10 Å². The molecular formula is C10H20N4O2S. The Morgan fingerprint density at radius 1 is 1.29 bits per heavy atom. The van der Waals surface area contributed by atoms with Gasteiger partial charge in [0.2, 0.25) is 10.0 Å². The first-order valence-electron chi connectivity index (χ1n) is 5.45. The molecule has 1 rings (SSSR count). The van der Waals surface area contributed by atoms with E-state index in [9.17, 15) is 8.42 Å². The predicted octanol–water partition coefficient (Wildman–Crippen LogP) is -0.324. The standard InChI is InChI=1S/C10H20N4O2S/c1-8-10(9(2)14(3)13-8)7-11-5-6-12-17(4,15)16/h11-12H,5-7H2,1-4H3. The Morgan fingerprint density at radius 2 is 1.94 bits per heavy atom. The van der Waals surface area contributed by atoms with Crippen molar-refractivity contribution in [1.82, 2.24) is 19.8 Å². The Morgan fingerprint density at radius 3 is 2.41 bits per heavy atom. The highest BCUT2D eigenvalue weighted by Crippen LogP contribution is 2.10. The maximum absolute atomic E-state index is 10.8. The van der Waals surface area contributed by atoms with Crippen molar-refractivity contribution in [3.63, 3.8) is 0 Å². The first-order valence-corrected chi connectivity index (χ1v) is 7.35. The molecule has 1 aromatic heterocycles. The molecule has 7 heteroatoms. The smallest absolute Gasteiger partial charge is 0.208 e. The van der Waals surface area contributed by atoms with Crippen LogP contribution in [0.25, 0.3) is 0 Å². The Hall–Kier alpha value is -0.920. The van der Waals surface area contributed by atoms with Crippen molar-refractivity contribution in [2.75, 3.05) is 19.3 Å². The summed E-state index contributed by atoms with van der Waals surface area (Å²) in [6.45, 7) is 5.69. The molecule has 0 atom stereocenters. The summed E-state index contributed by atoms with van der Waals surface area (Å²) in [5.74, 6) is 0. The lowest BCUT2D eigenvalue weighted by Crippen LogP contribution is -2.31. The SMILES string of the molecule is Cc1nn(C)c(C)c1CNCCNS(C)(=O)=O. The molecule has 0 fully saturated rings. The van der Waals surface area contributed by atoms with E-state index in [1.54, 1.807) is 0 Å². The van der Waals surface area contributed by atoms with Gasteiger partial charge in [-0.25, -0.2) is 13.1 Å². The number of nitrogens with zero attached hydrogens (tertiary/aromatic N) is 2. The van der Waals surface area contributed by atoms with Crippen molar-refractivity contribution in [1.29, 1.82) is 0 Å². The van der Waals surface area contributed by atoms with Gasteiger partial charge in [0.05, 0.1) is 11.9 Å². The summed E-state index contributed by atoms with van der Waals surface area (Å²) in [5.41, 5.74) is 3.31. The van der Waals surface area contributed by atoms with Crippen LogP contribution in [0, 0.1) is 13.8 Å². The average Bonchev–Trinajstić information content (AvgIpc) is 2.42. The fourth-order valence-corrected chi connectivity index (χ4v) is 2.08. The molecule has 0 radical (unpaired) electrons. The van der Waals surface area contributed by atoms with Crippen molar-refractivity contribution in [3.8, 4) is 0 Å². The molecule has 17 heavy (non-hydrogen) atoms. The molecule has 0 amide bonds. The normalized spacial score (nSPS) is 12.0. The van der Waals surface area contributed by atoms with Crippen LogP contribution >= 0.6 is 0 Å². The largest absolute Gasteiger partial charge is 0.311 e. The van der Waals surface area contributed by atoms with E-state index >= 15 is 0 Å². The third-order valence-electron chi connectivity index (χ3n) is 2.63. The van der Waals surface area contributed by atoms with Crippen molar-refractivity contribution in [2.45, 2.75) is 20.4 Å². The summed E-state index contributed by atoms with van der Waals surface area (Å²) in [5, 5.41) is 7.50. The van der Waals surface area contributed by atoms with Crippen LogP contribution in [0.5, 0.6) is 0 Å². The molecular weight excluding hydrogens is 240 g/mol. The number of hydrogen-bond donors (Lipinski definition) is 2. The summed E-state index contributed by atoms with van der Waals surface area (Å²) in [6, 6.07) is 0. The van der Waals surface area contributed by atoms with Gasteiger partial charge in [0.25, 0.3) is 0 Å². The van der Waals surface area contributed by atoms with Crippen LogP contribution in [-0.4, -0.2) is 37.5 Å². The fraction of sp³-hybridized carbons (Fsp3) is 0.700. The Bertz CT molecular complexity index is 479. The zero-order valence-corrected chi connectivity index (χ0v) is 11.6. The molecule has 98 valence electrons. The van der Waals surface area contributed by atoms with Gasteiger partial charge in [0.15, 0.2) is 0 Å². The summed E-state index contributed by atoms with van der Waals surface area (Å²) >= 11 is 0. The van der Waals surface area contributed by atoms with E-state index in [0.717, 1.165) is 17.6 Å². The zero-order chi connectivity index (χ0) is 13.1. The van der Waals surface area contributed by atoms with Crippen LogP contribution in [0.1, 0.15) is 17.0 Å². The quantitative estimate of drug-likeness (QED) is 0.687. The molecule has 0 spiro atoms. The van der Waals surface area contributed by atoms with Gasteiger partial charge in [0.1, 0.15) is 0 Å². The van der Waals surface area contributed by atoms with Crippen molar-refractivity contribution < 1.29 is 8.42 Å². The maximum atomic E-state index is 10.8. The molecule has 0 aliphatic rings. The summed E-state index contributed by atoms with van der Waals surface area (Å²) in [7, 11) is -1.17. The van der Waals surface area contributed by atoms with Gasteiger partial charge >= 0.3 is 0 Å². The Balaban J connectivity index is 2.37. The molecule has 0 saturated heterocycles. The van der Waals surface area contributed by atoms with Gasteiger partial charge in [-0.05, 0) is 13.8 Å². The summed E-state index contributed by atoms with van der Waals surface area (Å²) in [6.07, 6.45) is 1.16. The number of aryl methyl sites for hydroxylation is 2. The van der Waals surface area contributed by atoms with Crippen LogP contribution < -0.4 is 10.0 Å². The molecule has 2 N–H and O–H groups in total. The lowest BCUT2D eigenvalue weighted by molar-refractivity contribution is 0.581. The van der Waals surface area contributed by atoms with Gasteiger partial charge in [-0.15, -0.1) is 0 Å². The number of sulfonamides is 1. The molecule has 0 unspecified atom stereocenters. The highest BCUT2D eigenvalue weighted by atomic mass is 32.2. The number of nitrogens with one attached hydrogen (secondary N) is 2. The topological polar surface area (TPSA) is 76.0 Å². The molecule has 6 nitrogen and oxygen atoms in total. The summed E-state index contributed by atoms with van der Waals surface area (Å²) in [4.78, 5) is 0. The van der Waals surface area contributed by atoms with Crippen molar-refractivity contribution in [3.05, 3.63) is 17.0 Å². The Kier molecular flexibility index (Phi) is 4.67. The van der Waals surface area contributed by atoms with Crippen LogP contribution in [-0.2, 0) is 23.6 Å². The molecule has 0 bridgehead atoms. The van der Waals surface area contributed by atoms with E-state index < -0.39 is 10.0 Å². The lowest BCUT2D eigenvalue weighted by Gasteiger charge is -2.05. The third kappa shape index (κ3) is 4.45. The third-order valence-corrected chi connectivity index (χ3v) is 3.36. The van der Waals surface area contributed by atoms with Crippen molar-refractivity contribution >= 4 is 10.0 Å². The number of hydrogen-bond acceptors (Lipinski definition) is 4. The van der Waals surface area contributed by atoms with Crippen LogP contribution in [0.4, 0.5) is 0 Å². The highest BCUT2D eigenvalue weighted by Gasteiger charge is 2.08. The number of aromatic nitrogens is 2. The first kappa shape index (κ1) is 14.1. The second kappa shape index (κ2) is 5.61. The summed E-state index contributed by atoms with van der Waals surface area (Å²) < 4.78 is 25.9. The van der Waals surface area contributed by atoms with Gasteiger partial charge < -0.3 is 5.32 Å². The van der Waals surface area contributed by atoms with E-state index in [2.05, 4.69) is 15.1 Å². The molecule has 0 aliphatic heterocycles. The predicted molar refractivity (Wildman–Crippen MR) is 67.2 cm³/mol. The molecule has 1 aromatic rings. The van der Waals surface area contributed by atoms with Crippen LogP contribution in [0.2, 0.25) is 0 Å². The minimum atomic E-state index is -3.09. The molecule has 0 aliphatic carbocycles. The van der Waals surface area contributed by atoms with E-state index in [1.807, 2.05) is 25.6 Å². The van der Waals surface area contributed by atoms with E-state index in [-0.39, 0.29) is 0 Å². The monoisotopic (exact) mass is 260 g/mol. The average molecular weight is 260 g/mol. The van der Waals surface area contributed by atoms with E-state index in [1.165, 1.54) is 5.56 Å². The van der Waals surface area contributed by atoms with Crippen molar-refractivity contribution in [2.24, 2.45) is 7.05 Å². The highest BCUT2D eigenvalue weighted by molar-refractivity contribution is 7.88. The van der Waals surface area contributed by atoms with Gasteiger partial charge in [0, 0.05) is 37.9 Å². The lowest BCUT2D eigenvalue weighted by atomic mass is 10.2. The Labute approximate surface area is 102 Å². The minimum absolute atomic E-state index is 0.400. The fourth-order valence-electron chi connectivity index (χ4n) is 1.61. The second-order valence-electron chi connectivity index (χ2n) is 4.12. The van der Waals surface area contributed by atoms with Gasteiger partial charge in [-0.1, -0.05) is 0 Å². The van der Waals surface area contributed by atoms with E-state index in [4.69, 9.17) is 0 Å². The van der Waals surface area contributed by atoms with E-state index in [0.29, 0.717) is 19.6 Å². The number of rotatable bonds is 6. The molecule has 0 saturated carbocycles. The van der Waals surface area contributed by atoms with Crippen LogP contribution in [0.3, 0.4) is 0 Å².